The van der Waals surface area contributed by atoms with Gasteiger partial charge in [0.05, 0.1) is 12.6 Å². The molecule has 19 N–H and O–H groups in total. The Morgan fingerprint density at radius 1 is 1.02 bits per heavy atom. The first-order valence-corrected chi connectivity index (χ1v) is 14.7. The summed E-state index contributed by atoms with van der Waals surface area (Å²) in [5.74, 6) is -5.65. The highest BCUT2D eigenvalue weighted by Crippen LogP contribution is 2.09. The molecule has 2 rings (SSSR count). The van der Waals surface area contributed by atoms with Gasteiger partial charge in [-0.15, -0.1) is 0 Å². The molecule has 0 unspecified atom stereocenters. The molecule has 47 heavy (non-hydrogen) atoms. The Hall–Kier alpha value is -5.06. The maximum atomic E-state index is 13.5. The number of hydrogen-bond donors (Lipinski definition) is 14. The molecule has 0 spiro atoms. The molecule has 1 fully saturated rings. The van der Waals surface area contributed by atoms with E-state index in [-0.39, 0.29) is 25.3 Å². The number of urea groups is 1. The molecule has 0 saturated carbocycles. The van der Waals surface area contributed by atoms with Crippen LogP contribution in [-0.4, -0.2) is 122 Å². The number of aliphatic hydroxyl groups is 1. The highest BCUT2D eigenvalue weighted by Gasteiger charge is 2.35. The largest absolute Gasteiger partial charge is 0.394 e. The second-order valence-corrected chi connectivity index (χ2v) is 10.7. The van der Waals surface area contributed by atoms with E-state index in [0.717, 1.165) is 6.20 Å². The SMILES string of the molecule is NCCC[C@H](N)CC(=O)NC[C@@H]1NC(=O)[C@H](CO)NC(=O)[C@H](N)CNC(=O)[C@H]([C@H]2CCNC(N)=N2)NC(=O)/C(=C/NC(N)=O)NC1=O. The van der Waals surface area contributed by atoms with Crippen molar-refractivity contribution >= 4 is 47.4 Å². The minimum absolute atomic E-state index is 0.0120. The molecular formula is C25H44N14O8. The van der Waals surface area contributed by atoms with Crippen molar-refractivity contribution in [2.75, 3.05) is 32.8 Å². The van der Waals surface area contributed by atoms with E-state index in [1.165, 1.54) is 0 Å². The smallest absolute Gasteiger partial charge is 0.316 e. The third-order valence-electron chi connectivity index (χ3n) is 6.88. The summed E-state index contributed by atoms with van der Waals surface area (Å²) in [5.41, 5.74) is 27.6. The monoisotopic (exact) mass is 668 g/mol. The molecule has 1 saturated heterocycles. The van der Waals surface area contributed by atoms with Crippen LogP contribution in [0.4, 0.5) is 4.79 Å². The minimum Gasteiger partial charge on any atom is -0.394 e. The van der Waals surface area contributed by atoms with Gasteiger partial charge in [-0.05, 0) is 25.8 Å². The first-order valence-electron chi connectivity index (χ1n) is 14.7. The van der Waals surface area contributed by atoms with Crippen molar-refractivity contribution < 1.29 is 38.7 Å². The molecule has 2 aliphatic rings. The highest BCUT2D eigenvalue weighted by molar-refractivity contribution is 6.02. The van der Waals surface area contributed by atoms with Gasteiger partial charge >= 0.3 is 6.03 Å². The number of guanidine groups is 1. The van der Waals surface area contributed by atoms with E-state index in [2.05, 4.69) is 42.2 Å². The van der Waals surface area contributed by atoms with Crippen LogP contribution in [0.25, 0.3) is 0 Å². The zero-order valence-electron chi connectivity index (χ0n) is 25.5. The number of aliphatic imine (C=N–C) groups is 1. The predicted molar refractivity (Wildman–Crippen MR) is 165 cm³/mol. The Labute approximate surface area is 269 Å². The maximum absolute atomic E-state index is 13.5. The van der Waals surface area contributed by atoms with Gasteiger partial charge < -0.3 is 76.3 Å². The quantitative estimate of drug-likeness (QED) is 0.0963. The third-order valence-corrected chi connectivity index (χ3v) is 6.88. The number of rotatable bonds is 10. The summed E-state index contributed by atoms with van der Waals surface area (Å²) >= 11 is 0. The minimum atomic E-state index is -1.63. The van der Waals surface area contributed by atoms with Crippen molar-refractivity contribution in [1.29, 1.82) is 0 Å². The van der Waals surface area contributed by atoms with E-state index < -0.39 is 103 Å². The number of nitrogens with one attached hydrogen (secondary N) is 8. The number of carbonyl (C=O) groups excluding carboxylic acids is 7. The van der Waals surface area contributed by atoms with E-state index >= 15 is 0 Å². The molecule has 0 aromatic carbocycles. The van der Waals surface area contributed by atoms with Crippen LogP contribution in [-0.2, 0) is 28.8 Å². The fourth-order valence-electron chi connectivity index (χ4n) is 4.33. The lowest BCUT2D eigenvalue weighted by molar-refractivity contribution is -0.134. The predicted octanol–water partition coefficient (Wildman–Crippen LogP) is -8.23. The fourth-order valence-corrected chi connectivity index (χ4v) is 4.33. The fraction of sp³-hybridized carbons (Fsp3) is 0.600. The Bertz CT molecular complexity index is 1240. The van der Waals surface area contributed by atoms with Crippen LogP contribution in [0.1, 0.15) is 25.7 Å². The number of nitrogens with zero attached hydrogens (tertiary/aromatic N) is 1. The first-order chi connectivity index (χ1) is 22.2. The second-order valence-electron chi connectivity index (χ2n) is 10.7. The summed E-state index contributed by atoms with van der Waals surface area (Å²) in [6.07, 6.45) is 1.85. The van der Waals surface area contributed by atoms with E-state index in [1.807, 2.05) is 5.32 Å². The summed E-state index contributed by atoms with van der Waals surface area (Å²) in [5, 5.41) is 28.7. The van der Waals surface area contributed by atoms with Crippen molar-refractivity contribution in [3.8, 4) is 0 Å². The molecule has 22 nitrogen and oxygen atoms in total. The van der Waals surface area contributed by atoms with Gasteiger partial charge in [-0.2, -0.15) is 0 Å². The molecule has 2 heterocycles. The Kier molecular flexibility index (Phi) is 15.2. The molecule has 22 heteroatoms. The number of primary amides is 1. The van der Waals surface area contributed by atoms with E-state index in [9.17, 15) is 38.7 Å². The van der Waals surface area contributed by atoms with Gasteiger partial charge in [-0.3, -0.25) is 28.8 Å². The topological polar surface area (TPSA) is 378 Å². The normalized spacial score (nSPS) is 26.3. The lowest BCUT2D eigenvalue weighted by atomic mass is 10.0. The number of aliphatic hydroxyl groups excluding tert-OH is 1. The zero-order valence-corrected chi connectivity index (χ0v) is 25.5. The Morgan fingerprint density at radius 3 is 2.36 bits per heavy atom. The van der Waals surface area contributed by atoms with E-state index in [4.69, 9.17) is 28.7 Å². The van der Waals surface area contributed by atoms with E-state index in [1.54, 1.807) is 0 Å². The summed E-state index contributed by atoms with van der Waals surface area (Å²) in [7, 11) is 0. The second kappa shape index (κ2) is 18.8. The highest BCUT2D eigenvalue weighted by atomic mass is 16.3. The number of nitrogens with two attached hydrogens (primary N) is 5. The average molecular weight is 669 g/mol. The molecule has 0 aliphatic carbocycles. The van der Waals surface area contributed by atoms with Crippen LogP contribution < -0.4 is 71.2 Å². The molecule has 0 aromatic heterocycles. The van der Waals surface area contributed by atoms with Crippen LogP contribution in [0.15, 0.2) is 16.9 Å². The molecule has 262 valence electrons. The van der Waals surface area contributed by atoms with Gasteiger partial charge in [0, 0.05) is 38.3 Å². The third kappa shape index (κ3) is 12.7. The first kappa shape index (κ1) is 38.1. The van der Waals surface area contributed by atoms with Crippen molar-refractivity contribution in [3.05, 3.63) is 11.9 Å². The lowest BCUT2D eigenvalue weighted by Gasteiger charge is -2.29. The summed E-state index contributed by atoms with van der Waals surface area (Å²) < 4.78 is 0. The van der Waals surface area contributed by atoms with Gasteiger partial charge in [-0.1, -0.05) is 0 Å². The van der Waals surface area contributed by atoms with E-state index in [0.29, 0.717) is 19.4 Å². The van der Waals surface area contributed by atoms with Crippen LogP contribution >= 0.6 is 0 Å². The van der Waals surface area contributed by atoms with Gasteiger partial charge in [0.25, 0.3) is 5.91 Å². The van der Waals surface area contributed by atoms with Crippen LogP contribution in [0, 0.1) is 0 Å². The van der Waals surface area contributed by atoms with Crippen molar-refractivity contribution in [2.45, 2.75) is 61.9 Å². The van der Waals surface area contributed by atoms with Gasteiger partial charge in [0.1, 0.15) is 29.9 Å². The van der Waals surface area contributed by atoms with Gasteiger partial charge in [-0.25, -0.2) is 9.79 Å². The Morgan fingerprint density at radius 2 is 1.72 bits per heavy atom. The van der Waals surface area contributed by atoms with Gasteiger partial charge in [0.2, 0.25) is 29.5 Å². The summed E-state index contributed by atoms with van der Waals surface area (Å²) in [6, 6.07) is -8.68. The van der Waals surface area contributed by atoms with Crippen LogP contribution in [0.3, 0.4) is 0 Å². The number of hydrogen-bond acceptors (Lipinski definition) is 14. The molecule has 6 atom stereocenters. The zero-order chi connectivity index (χ0) is 35.1. The molecule has 8 amide bonds. The standard InChI is InChI=1S/C25H44N14O8/c26-4-1-2-11(27)6-17(41)32-8-14-20(43)35-15(9-34-25(30)47)21(44)39-18(13-3-5-31-24(29)38-13)23(46)33-7-12(28)19(42)37-16(10-40)22(45)36-14/h9,11-14,16,18,40H,1-8,10,26-28H2,(H,32,41)(H,33,46)(H,35,43)(H,36,45)(H,37,42)(H,39,44)(H3,29,31,38)(H3,30,34,47)/b15-9-/t11-,12+,13+,14-,16-,18-/m0/s1. The Balaban J connectivity index is 2.47. The van der Waals surface area contributed by atoms with Crippen molar-refractivity contribution in [2.24, 2.45) is 33.7 Å². The van der Waals surface area contributed by atoms with Crippen LogP contribution in [0.5, 0.6) is 0 Å². The summed E-state index contributed by atoms with van der Waals surface area (Å²) in [4.78, 5) is 94.0. The number of amides is 8. The van der Waals surface area contributed by atoms with Crippen LogP contribution in [0.2, 0.25) is 0 Å². The molecule has 2 aliphatic heterocycles. The molecular weight excluding hydrogens is 624 g/mol. The number of carbonyl (C=O) groups is 7. The van der Waals surface area contributed by atoms with Gasteiger partial charge in [0.15, 0.2) is 5.96 Å². The molecule has 0 aromatic rings. The maximum Gasteiger partial charge on any atom is 0.316 e. The lowest BCUT2D eigenvalue weighted by Crippen LogP contribution is -2.62. The molecule has 0 bridgehead atoms. The van der Waals surface area contributed by atoms with Crippen molar-refractivity contribution in [1.82, 2.24) is 42.5 Å². The summed E-state index contributed by atoms with van der Waals surface area (Å²) in [6.45, 7) is -1.28. The molecule has 0 radical (unpaired) electrons. The average Bonchev–Trinajstić information content (AvgIpc) is 3.02. The van der Waals surface area contributed by atoms with Crippen molar-refractivity contribution in [3.63, 3.8) is 0 Å².